The highest BCUT2D eigenvalue weighted by atomic mass is 35.5. The molecule has 1 heterocycles. The minimum Gasteiger partial charge on any atom is -0.507 e. The number of rotatable bonds is 5. The highest BCUT2D eigenvalue weighted by molar-refractivity contribution is 6.52. The lowest BCUT2D eigenvalue weighted by Gasteiger charge is -2.26. The van der Waals surface area contributed by atoms with Gasteiger partial charge in [-0.3, -0.25) is 14.5 Å². The zero-order valence-corrected chi connectivity index (χ0v) is 20.9. The summed E-state index contributed by atoms with van der Waals surface area (Å²) in [4.78, 5) is 28.2. The van der Waals surface area contributed by atoms with E-state index in [1.807, 2.05) is 51.1 Å². The molecular weight excluding hydrogens is 466 g/mol. The number of aliphatic hydroxyl groups is 1. The van der Waals surface area contributed by atoms with E-state index in [1.54, 1.807) is 24.3 Å². The van der Waals surface area contributed by atoms with Crippen LogP contribution in [0.4, 0.5) is 5.69 Å². The number of nitrogens with zero attached hydrogens (tertiary/aromatic N) is 1. The molecule has 6 nitrogen and oxygen atoms in total. The summed E-state index contributed by atoms with van der Waals surface area (Å²) in [5.74, 6) is -0.959. The number of amides is 1. The third kappa shape index (κ3) is 4.26. The number of benzene rings is 3. The summed E-state index contributed by atoms with van der Waals surface area (Å²) in [5.41, 5.74) is 4.07. The van der Waals surface area contributed by atoms with E-state index < -0.39 is 17.7 Å². The lowest BCUT2D eigenvalue weighted by Crippen LogP contribution is -2.29. The van der Waals surface area contributed by atoms with E-state index in [2.05, 4.69) is 0 Å². The van der Waals surface area contributed by atoms with Crippen LogP contribution in [0.3, 0.4) is 0 Å². The molecule has 1 saturated heterocycles. The van der Waals surface area contributed by atoms with Gasteiger partial charge in [0.05, 0.1) is 36.4 Å². The Kier molecular flexibility index (Phi) is 6.59. The number of carbonyl (C=O) groups is 2. The van der Waals surface area contributed by atoms with Crippen LogP contribution in [0.15, 0.2) is 60.2 Å². The maximum Gasteiger partial charge on any atom is 0.300 e. The fourth-order valence-electron chi connectivity index (χ4n) is 4.61. The summed E-state index contributed by atoms with van der Waals surface area (Å²) in [6.45, 7) is 5.67. The van der Waals surface area contributed by atoms with Crippen LogP contribution in [-0.2, 0) is 9.59 Å². The van der Waals surface area contributed by atoms with Gasteiger partial charge in [0.15, 0.2) is 0 Å². The highest BCUT2D eigenvalue weighted by Gasteiger charge is 2.47. The highest BCUT2D eigenvalue weighted by Crippen LogP contribution is 2.45. The number of carbonyl (C=O) groups excluding carboxylic acids is 2. The van der Waals surface area contributed by atoms with Crippen LogP contribution in [0.25, 0.3) is 5.76 Å². The van der Waals surface area contributed by atoms with Crippen LogP contribution in [0.1, 0.15) is 33.9 Å². The first kappa shape index (κ1) is 24.4. The Hall–Kier alpha value is -3.77. The predicted molar refractivity (Wildman–Crippen MR) is 136 cm³/mol. The monoisotopic (exact) mass is 491 g/mol. The Bertz CT molecular complexity index is 1380. The van der Waals surface area contributed by atoms with Gasteiger partial charge in [-0.15, -0.1) is 0 Å². The maximum atomic E-state index is 13.4. The minimum absolute atomic E-state index is 0.0177. The molecule has 0 aromatic heterocycles. The van der Waals surface area contributed by atoms with Crippen LogP contribution in [0, 0.1) is 20.8 Å². The Labute approximate surface area is 209 Å². The number of anilines is 1. The molecule has 3 aromatic rings. The lowest BCUT2D eigenvalue weighted by molar-refractivity contribution is -0.132. The van der Waals surface area contributed by atoms with Gasteiger partial charge in [-0.1, -0.05) is 47.5 Å². The van der Waals surface area contributed by atoms with Gasteiger partial charge in [0.2, 0.25) is 0 Å². The summed E-state index contributed by atoms with van der Waals surface area (Å²) in [6.07, 6.45) is 0. The van der Waals surface area contributed by atoms with Gasteiger partial charge in [0.1, 0.15) is 17.3 Å². The smallest absolute Gasteiger partial charge is 0.300 e. The van der Waals surface area contributed by atoms with Crippen LogP contribution < -0.4 is 14.4 Å². The molecular formula is C28H26ClNO5. The summed E-state index contributed by atoms with van der Waals surface area (Å²) in [5, 5.41) is 11.8. The van der Waals surface area contributed by atoms with Gasteiger partial charge >= 0.3 is 0 Å². The van der Waals surface area contributed by atoms with Crippen LogP contribution >= 0.6 is 11.6 Å². The van der Waals surface area contributed by atoms with E-state index in [1.165, 1.54) is 19.1 Å². The topological polar surface area (TPSA) is 76.1 Å². The number of Topliss-reactive ketones (excluding diaryl/α,β-unsaturated/α-hetero) is 1. The lowest BCUT2D eigenvalue weighted by atomic mass is 9.93. The number of aryl methyl sites for hydroxylation is 3. The minimum atomic E-state index is -0.870. The van der Waals surface area contributed by atoms with Crippen molar-refractivity contribution in [2.75, 3.05) is 19.1 Å². The van der Waals surface area contributed by atoms with E-state index in [0.717, 1.165) is 16.7 Å². The van der Waals surface area contributed by atoms with E-state index in [9.17, 15) is 14.7 Å². The first-order valence-electron chi connectivity index (χ1n) is 11.0. The molecule has 0 spiro atoms. The fraction of sp³-hybridized carbons (Fsp3) is 0.214. The number of methoxy groups -OCH3 is 2. The molecule has 1 amide bonds. The quantitative estimate of drug-likeness (QED) is 0.273. The van der Waals surface area contributed by atoms with Crippen LogP contribution in [-0.4, -0.2) is 31.0 Å². The van der Waals surface area contributed by atoms with Gasteiger partial charge in [-0.05, 0) is 61.7 Å². The van der Waals surface area contributed by atoms with Gasteiger partial charge in [-0.25, -0.2) is 0 Å². The average molecular weight is 492 g/mol. The first-order valence-corrected chi connectivity index (χ1v) is 11.4. The van der Waals surface area contributed by atoms with Gasteiger partial charge < -0.3 is 14.6 Å². The molecule has 1 N–H and O–H groups in total. The number of ether oxygens (including phenoxy) is 2. The second-order valence-corrected chi connectivity index (χ2v) is 8.97. The molecule has 1 fully saturated rings. The standard InChI is InChI=1S/C28H26ClNO5/c1-15-7-6-8-18(12-15)24-23(25(31)20-13-16(2)11-17(3)27(20)35-5)26(32)28(33)30(24)19-9-10-22(34-4)21(29)14-19/h6-14,24,31H,1-5H3/b25-23+. The molecule has 0 bridgehead atoms. The number of halogens is 1. The van der Waals surface area contributed by atoms with Crippen molar-refractivity contribution in [3.05, 3.63) is 93.0 Å². The Morgan fingerprint density at radius 3 is 2.31 bits per heavy atom. The molecule has 1 unspecified atom stereocenters. The molecule has 3 aromatic carbocycles. The number of hydrogen-bond acceptors (Lipinski definition) is 5. The molecule has 180 valence electrons. The van der Waals surface area contributed by atoms with E-state index in [0.29, 0.717) is 33.3 Å². The molecule has 7 heteroatoms. The van der Waals surface area contributed by atoms with Gasteiger partial charge in [-0.2, -0.15) is 0 Å². The van der Waals surface area contributed by atoms with Crippen molar-refractivity contribution in [2.24, 2.45) is 0 Å². The van der Waals surface area contributed by atoms with E-state index in [-0.39, 0.29) is 11.3 Å². The van der Waals surface area contributed by atoms with Crippen LogP contribution in [0.2, 0.25) is 5.02 Å². The van der Waals surface area contributed by atoms with Gasteiger partial charge in [0, 0.05) is 5.69 Å². The first-order chi connectivity index (χ1) is 16.7. The van der Waals surface area contributed by atoms with Crippen molar-refractivity contribution in [3.63, 3.8) is 0 Å². The van der Waals surface area contributed by atoms with Crippen molar-refractivity contribution >= 4 is 34.7 Å². The average Bonchev–Trinajstić information content (AvgIpc) is 3.08. The van der Waals surface area contributed by atoms with Gasteiger partial charge in [0.25, 0.3) is 11.7 Å². The molecule has 0 saturated carbocycles. The van der Waals surface area contributed by atoms with Crippen molar-refractivity contribution in [1.29, 1.82) is 0 Å². The Balaban J connectivity index is 2.01. The van der Waals surface area contributed by atoms with Crippen molar-refractivity contribution in [2.45, 2.75) is 26.8 Å². The van der Waals surface area contributed by atoms with Crippen molar-refractivity contribution in [3.8, 4) is 11.5 Å². The summed E-state index contributed by atoms with van der Waals surface area (Å²) < 4.78 is 10.8. The zero-order valence-electron chi connectivity index (χ0n) is 20.2. The van der Waals surface area contributed by atoms with Crippen molar-refractivity contribution in [1.82, 2.24) is 0 Å². The van der Waals surface area contributed by atoms with E-state index in [4.69, 9.17) is 21.1 Å². The van der Waals surface area contributed by atoms with E-state index >= 15 is 0 Å². The molecule has 1 aliphatic heterocycles. The molecule has 0 aliphatic carbocycles. The SMILES string of the molecule is COc1ccc(N2C(=O)C(=O)/C(=C(/O)c3cc(C)cc(C)c3OC)C2c2cccc(C)c2)cc1Cl. The third-order valence-corrected chi connectivity index (χ3v) is 6.39. The predicted octanol–water partition coefficient (Wildman–Crippen LogP) is 5.91. The van der Waals surface area contributed by atoms with Crippen molar-refractivity contribution < 1.29 is 24.2 Å². The second kappa shape index (κ2) is 9.47. The third-order valence-electron chi connectivity index (χ3n) is 6.09. The van der Waals surface area contributed by atoms with Crippen LogP contribution in [0.5, 0.6) is 11.5 Å². The normalized spacial score (nSPS) is 17.1. The Morgan fingerprint density at radius 2 is 1.69 bits per heavy atom. The second-order valence-electron chi connectivity index (χ2n) is 8.56. The summed E-state index contributed by atoms with van der Waals surface area (Å²) in [6, 6.07) is 15.2. The molecule has 1 atom stereocenters. The summed E-state index contributed by atoms with van der Waals surface area (Å²) >= 11 is 6.35. The molecule has 35 heavy (non-hydrogen) atoms. The molecule has 4 rings (SSSR count). The maximum absolute atomic E-state index is 13.4. The number of aliphatic hydroxyl groups excluding tert-OH is 1. The molecule has 1 aliphatic rings. The molecule has 0 radical (unpaired) electrons. The number of ketones is 1. The fourth-order valence-corrected chi connectivity index (χ4v) is 4.86. The largest absolute Gasteiger partial charge is 0.507 e. The Morgan fingerprint density at radius 1 is 0.943 bits per heavy atom. The summed E-state index contributed by atoms with van der Waals surface area (Å²) in [7, 11) is 3.00. The zero-order chi connectivity index (χ0) is 25.4. The number of hydrogen-bond donors (Lipinski definition) is 1.